The second kappa shape index (κ2) is 2.97. The third-order valence-corrected chi connectivity index (χ3v) is 3.28. The number of nitrogens with zero attached hydrogens (tertiary/aromatic N) is 1. The van der Waals surface area contributed by atoms with Crippen LogP contribution in [0.1, 0.15) is 33.1 Å². The van der Waals surface area contributed by atoms with Gasteiger partial charge in [-0.2, -0.15) is 0 Å². The van der Waals surface area contributed by atoms with Gasteiger partial charge in [-0.05, 0) is 25.2 Å². The summed E-state index contributed by atoms with van der Waals surface area (Å²) in [5, 5.41) is 4.03. The molecule has 14 heavy (non-hydrogen) atoms. The molecule has 2 atom stereocenters. The molecule has 0 bridgehead atoms. The van der Waals surface area contributed by atoms with Crippen LogP contribution in [0.25, 0.3) is 0 Å². The van der Waals surface area contributed by atoms with Crippen LogP contribution in [0.15, 0.2) is 5.16 Å². The normalized spacial score (nSPS) is 35.4. The van der Waals surface area contributed by atoms with Crippen molar-refractivity contribution < 1.29 is 9.63 Å². The Bertz CT molecular complexity index is 298. The van der Waals surface area contributed by atoms with E-state index in [1.54, 1.807) is 0 Å². The molecule has 4 heteroatoms. The SMILES string of the molecule is CC(C)C1=NOC2(C(N)=O)CCCC12. The maximum absolute atomic E-state index is 11.4. The lowest BCUT2D eigenvalue weighted by molar-refractivity contribution is -0.142. The summed E-state index contributed by atoms with van der Waals surface area (Å²) in [7, 11) is 0. The first-order valence-corrected chi connectivity index (χ1v) is 5.14. The Morgan fingerprint density at radius 1 is 1.71 bits per heavy atom. The molecule has 0 aromatic carbocycles. The fourth-order valence-electron chi connectivity index (χ4n) is 2.52. The Balaban J connectivity index is 2.29. The predicted molar refractivity (Wildman–Crippen MR) is 52.6 cm³/mol. The lowest BCUT2D eigenvalue weighted by Gasteiger charge is -2.23. The number of fused-ring (bicyclic) bond motifs is 1. The third kappa shape index (κ3) is 1.06. The van der Waals surface area contributed by atoms with Gasteiger partial charge >= 0.3 is 0 Å². The van der Waals surface area contributed by atoms with Gasteiger partial charge in [0.25, 0.3) is 5.91 Å². The number of carbonyl (C=O) groups excluding carboxylic acids is 1. The number of nitrogens with two attached hydrogens (primary N) is 1. The summed E-state index contributed by atoms with van der Waals surface area (Å²) in [6, 6.07) is 0. The minimum Gasteiger partial charge on any atom is -0.378 e. The van der Waals surface area contributed by atoms with Crippen LogP contribution in [0.2, 0.25) is 0 Å². The highest BCUT2D eigenvalue weighted by Gasteiger charge is 2.56. The first-order valence-electron chi connectivity index (χ1n) is 5.14. The lowest BCUT2D eigenvalue weighted by atomic mass is 9.83. The van der Waals surface area contributed by atoms with Gasteiger partial charge in [0, 0.05) is 0 Å². The number of primary amides is 1. The van der Waals surface area contributed by atoms with E-state index in [0.717, 1.165) is 18.6 Å². The zero-order valence-electron chi connectivity index (χ0n) is 8.62. The van der Waals surface area contributed by atoms with E-state index >= 15 is 0 Å². The average molecular weight is 196 g/mol. The molecule has 1 aliphatic carbocycles. The van der Waals surface area contributed by atoms with Gasteiger partial charge in [-0.3, -0.25) is 4.79 Å². The van der Waals surface area contributed by atoms with Crippen LogP contribution in [-0.4, -0.2) is 17.2 Å². The van der Waals surface area contributed by atoms with E-state index in [2.05, 4.69) is 19.0 Å². The van der Waals surface area contributed by atoms with Crippen molar-refractivity contribution in [2.24, 2.45) is 22.7 Å². The van der Waals surface area contributed by atoms with Crippen molar-refractivity contribution in [3.8, 4) is 0 Å². The Kier molecular flexibility index (Phi) is 2.01. The first kappa shape index (κ1) is 9.49. The summed E-state index contributed by atoms with van der Waals surface area (Å²) in [4.78, 5) is 16.7. The Hall–Kier alpha value is -1.06. The average Bonchev–Trinajstić information content (AvgIpc) is 2.58. The van der Waals surface area contributed by atoms with Gasteiger partial charge in [0.2, 0.25) is 5.60 Å². The molecule has 0 saturated heterocycles. The largest absolute Gasteiger partial charge is 0.378 e. The van der Waals surface area contributed by atoms with Crippen molar-refractivity contribution in [1.82, 2.24) is 0 Å². The van der Waals surface area contributed by atoms with Crippen LogP contribution in [0.5, 0.6) is 0 Å². The third-order valence-electron chi connectivity index (χ3n) is 3.28. The molecule has 1 heterocycles. The smallest absolute Gasteiger partial charge is 0.265 e. The number of rotatable bonds is 2. The zero-order valence-corrected chi connectivity index (χ0v) is 8.62. The van der Waals surface area contributed by atoms with Gasteiger partial charge in [-0.1, -0.05) is 19.0 Å². The lowest BCUT2D eigenvalue weighted by Crippen LogP contribution is -2.47. The van der Waals surface area contributed by atoms with Gasteiger partial charge in [-0.25, -0.2) is 0 Å². The summed E-state index contributed by atoms with van der Waals surface area (Å²) in [5.41, 5.74) is 5.59. The Labute approximate surface area is 83.5 Å². The molecular weight excluding hydrogens is 180 g/mol. The molecule has 4 nitrogen and oxygen atoms in total. The molecule has 78 valence electrons. The maximum Gasteiger partial charge on any atom is 0.265 e. The van der Waals surface area contributed by atoms with Gasteiger partial charge in [0.05, 0.1) is 11.6 Å². The van der Waals surface area contributed by atoms with Crippen molar-refractivity contribution >= 4 is 11.6 Å². The molecule has 1 fully saturated rings. The van der Waals surface area contributed by atoms with Crippen LogP contribution in [-0.2, 0) is 9.63 Å². The minimum atomic E-state index is -0.806. The second-order valence-corrected chi connectivity index (χ2v) is 4.46. The molecule has 2 rings (SSSR count). The Morgan fingerprint density at radius 3 is 3.00 bits per heavy atom. The topological polar surface area (TPSA) is 64.7 Å². The summed E-state index contributed by atoms with van der Waals surface area (Å²) in [6.07, 6.45) is 2.69. The summed E-state index contributed by atoms with van der Waals surface area (Å²) in [5.74, 6) is 0.0960. The summed E-state index contributed by atoms with van der Waals surface area (Å²) in [6.45, 7) is 4.13. The number of oxime groups is 1. The quantitative estimate of drug-likeness (QED) is 0.717. The first-order chi connectivity index (χ1) is 6.58. The highest BCUT2D eigenvalue weighted by Crippen LogP contribution is 2.44. The monoisotopic (exact) mass is 196 g/mol. The summed E-state index contributed by atoms with van der Waals surface area (Å²) >= 11 is 0. The van der Waals surface area contributed by atoms with Gasteiger partial charge in [0.15, 0.2) is 0 Å². The molecule has 1 saturated carbocycles. The van der Waals surface area contributed by atoms with Crippen molar-refractivity contribution in [1.29, 1.82) is 0 Å². The highest BCUT2D eigenvalue weighted by molar-refractivity contribution is 5.98. The molecule has 0 spiro atoms. The van der Waals surface area contributed by atoms with E-state index in [9.17, 15) is 4.79 Å². The summed E-state index contributed by atoms with van der Waals surface area (Å²) < 4.78 is 0. The second-order valence-electron chi connectivity index (χ2n) is 4.46. The Morgan fingerprint density at radius 2 is 2.43 bits per heavy atom. The van der Waals surface area contributed by atoms with E-state index in [0.29, 0.717) is 12.3 Å². The zero-order chi connectivity index (χ0) is 10.3. The predicted octanol–water partition coefficient (Wildman–Crippen LogP) is 1.05. The molecule has 0 radical (unpaired) electrons. The molecule has 0 aromatic heterocycles. The van der Waals surface area contributed by atoms with E-state index in [1.807, 2.05) is 0 Å². The molecular formula is C10H16N2O2. The van der Waals surface area contributed by atoms with Crippen molar-refractivity contribution in [2.75, 3.05) is 0 Å². The number of hydrogen-bond acceptors (Lipinski definition) is 3. The van der Waals surface area contributed by atoms with Crippen molar-refractivity contribution in [2.45, 2.75) is 38.7 Å². The fourth-order valence-corrected chi connectivity index (χ4v) is 2.52. The highest BCUT2D eigenvalue weighted by atomic mass is 16.7. The van der Waals surface area contributed by atoms with E-state index in [-0.39, 0.29) is 11.8 Å². The van der Waals surface area contributed by atoms with Gasteiger partial charge in [0.1, 0.15) is 0 Å². The number of amides is 1. The van der Waals surface area contributed by atoms with Crippen LogP contribution in [0.3, 0.4) is 0 Å². The molecule has 2 N–H and O–H groups in total. The van der Waals surface area contributed by atoms with Crippen LogP contribution < -0.4 is 5.73 Å². The molecule has 1 amide bonds. The molecule has 2 aliphatic rings. The van der Waals surface area contributed by atoms with Crippen molar-refractivity contribution in [3.63, 3.8) is 0 Å². The fraction of sp³-hybridized carbons (Fsp3) is 0.800. The van der Waals surface area contributed by atoms with Gasteiger partial charge in [-0.15, -0.1) is 0 Å². The van der Waals surface area contributed by atoms with Crippen molar-refractivity contribution in [3.05, 3.63) is 0 Å². The van der Waals surface area contributed by atoms with Gasteiger partial charge < -0.3 is 10.6 Å². The number of carbonyl (C=O) groups is 1. The molecule has 0 aromatic rings. The van der Waals surface area contributed by atoms with Crippen LogP contribution in [0.4, 0.5) is 0 Å². The maximum atomic E-state index is 11.4. The standard InChI is InChI=1S/C10H16N2O2/c1-6(2)8-7-4-3-5-10(7,9(11)13)14-12-8/h6-7H,3-5H2,1-2H3,(H2,11,13). The molecule has 1 aliphatic heterocycles. The van der Waals surface area contributed by atoms with Crippen LogP contribution >= 0.6 is 0 Å². The van der Waals surface area contributed by atoms with E-state index < -0.39 is 5.60 Å². The minimum absolute atomic E-state index is 0.125. The number of hydrogen-bond donors (Lipinski definition) is 1. The van der Waals surface area contributed by atoms with E-state index in [1.165, 1.54) is 0 Å². The van der Waals surface area contributed by atoms with E-state index in [4.69, 9.17) is 10.6 Å². The van der Waals surface area contributed by atoms with Crippen LogP contribution in [0, 0.1) is 11.8 Å². The molecule has 2 unspecified atom stereocenters.